The minimum atomic E-state index is -0.312. The van der Waals surface area contributed by atoms with Crippen LogP contribution in [0.2, 0.25) is 0 Å². The molecule has 0 aromatic heterocycles. The van der Waals surface area contributed by atoms with Crippen molar-refractivity contribution < 1.29 is 9.53 Å². The standard InChI is InChI=1S/C12H15BrN2O2/c1-8-6-9(2-3-11(8)13)15-10(7-14)4-5-17-12(15)16/h2-3,6,10H,4-5,7,14H2,1H3. The minimum Gasteiger partial charge on any atom is -0.449 e. The molecule has 0 saturated carbocycles. The quantitative estimate of drug-likeness (QED) is 0.912. The number of rotatable bonds is 2. The number of carbonyl (C=O) groups excluding carboxylic acids is 1. The van der Waals surface area contributed by atoms with Gasteiger partial charge in [-0.3, -0.25) is 4.90 Å². The van der Waals surface area contributed by atoms with Crippen LogP contribution in [0.1, 0.15) is 12.0 Å². The molecule has 1 heterocycles. The molecule has 1 aromatic carbocycles. The number of amides is 1. The largest absolute Gasteiger partial charge is 0.449 e. The van der Waals surface area contributed by atoms with Gasteiger partial charge in [0.05, 0.1) is 12.6 Å². The first kappa shape index (κ1) is 12.4. The van der Waals surface area contributed by atoms with Gasteiger partial charge in [0.15, 0.2) is 0 Å². The first-order valence-electron chi connectivity index (χ1n) is 5.55. The Morgan fingerprint density at radius 2 is 2.35 bits per heavy atom. The van der Waals surface area contributed by atoms with Gasteiger partial charge < -0.3 is 10.5 Å². The Balaban J connectivity index is 2.34. The van der Waals surface area contributed by atoms with E-state index in [4.69, 9.17) is 10.5 Å². The smallest absolute Gasteiger partial charge is 0.414 e. The molecule has 17 heavy (non-hydrogen) atoms. The molecule has 1 aliphatic rings. The summed E-state index contributed by atoms with van der Waals surface area (Å²) in [6.45, 7) is 2.89. The maximum atomic E-state index is 11.8. The second-order valence-corrected chi connectivity index (χ2v) is 4.95. The van der Waals surface area contributed by atoms with Gasteiger partial charge >= 0.3 is 6.09 Å². The van der Waals surface area contributed by atoms with E-state index in [1.54, 1.807) is 4.90 Å². The van der Waals surface area contributed by atoms with E-state index in [2.05, 4.69) is 15.9 Å². The number of benzene rings is 1. The van der Waals surface area contributed by atoms with Crippen molar-refractivity contribution >= 4 is 27.7 Å². The summed E-state index contributed by atoms with van der Waals surface area (Å²) in [6.07, 6.45) is 0.464. The Hall–Kier alpha value is -1.07. The lowest BCUT2D eigenvalue weighted by molar-refractivity contribution is 0.130. The summed E-state index contributed by atoms with van der Waals surface area (Å²) in [5, 5.41) is 0. The summed E-state index contributed by atoms with van der Waals surface area (Å²) in [5.74, 6) is 0. The number of carbonyl (C=O) groups is 1. The summed E-state index contributed by atoms with van der Waals surface area (Å²) in [4.78, 5) is 13.4. The van der Waals surface area contributed by atoms with E-state index in [1.807, 2.05) is 25.1 Å². The summed E-state index contributed by atoms with van der Waals surface area (Å²) in [6, 6.07) is 5.81. The van der Waals surface area contributed by atoms with Crippen LogP contribution in [0.25, 0.3) is 0 Å². The third-order valence-corrected chi connectivity index (χ3v) is 3.82. The van der Waals surface area contributed by atoms with Crippen LogP contribution in [-0.4, -0.2) is 25.3 Å². The number of halogens is 1. The van der Waals surface area contributed by atoms with Gasteiger partial charge in [-0.05, 0) is 30.7 Å². The maximum absolute atomic E-state index is 11.8. The van der Waals surface area contributed by atoms with Gasteiger partial charge in [0.25, 0.3) is 0 Å². The van der Waals surface area contributed by atoms with Crippen LogP contribution in [0, 0.1) is 6.92 Å². The van der Waals surface area contributed by atoms with Crippen molar-refractivity contribution in [3.63, 3.8) is 0 Å². The van der Waals surface area contributed by atoms with Crippen molar-refractivity contribution in [2.24, 2.45) is 5.73 Å². The SMILES string of the molecule is Cc1cc(N2C(=O)OCCC2CN)ccc1Br. The molecule has 1 aromatic rings. The third kappa shape index (κ3) is 2.45. The van der Waals surface area contributed by atoms with Gasteiger partial charge in [-0.1, -0.05) is 15.9 Å². The fourth-order valence-corrected chi connectivity index (χ4v) is 2.19. The predicted molar refractivity (Wildman–Crippen MR) is 70.2 cm³/mol. The predicted octanol–water partition coefficient (Wildman–Crippen LogP) is 2.43. The van der Waals surface area contributed by atoms with E-state index in [9.17, 15) is 4.79 Å². The van der Waals surface area contributed by atoms with E-state index in [1.165, 1.54) is 0 Å². The van der Waals surface area contributed by atoms with Crippen LogP contribution in [0.4, 0.5) is 10.5 Å². The van der Waals surface area contributed by atoms with Crippen molar-refractivity contribution in [1.82, 2.24) is 0 Å². The van der Waals surface area contributed by atoms with E-state index in [-0.39, 0.29) is 12.1 Å². The average Bonchev–Trinajstić information content (AvgIpc) is 2.32. The van der Waals surface area contributed by atoms with Gasteiger partial charge in [0.2, 0.25) is 0 Å². The first-order chi connectivity index (χ1) is 8.13. The number of anilines is 1. The zero-order valence-electron chi connectivity index (χ0n) is 9.65. The number of cyclic esters (lactones) is 1. The Labute approximate surface area is 109 Å². The number of aryl methyl sites for hydroxylation is 1. The van der Waals surface area contributed by atoms with E-state index in [0.29, 0.717) is 13.2 Å². The molecule has 0 aliphatic carbocycles. The van der Waals surface area contributed by atoms with Crippen molar-refractivity contribution in [2.45, 2.75) is 19.4 Å². The Morgan fingerprint density at radius 1 is 1.59 bits per heavy atom. The van der Waals surface area contributed by atoms with E-state index >= 15 is 0 Å². The molecule has 5 heteroatoms. The highest BCUT2D eigenvalue weighted by molar-refractivity contribution is 9.10. The molecule has 4 nitrogen and oxygen atoms in total. The van der Waals surface area contributed by atoms with E-state index < -0.39 is 0 Å². The second-order valence-electron chi connectivity index (χ2n) is 4.10. The summed E-state index contributed by atoms with van der Waals surface area (Å²) >= 11 is 3.44. The number of nitrogens with two attached hydrogens (primary N) is 1. The monoisotopic (exact) mass is 298 g/mol. The van der Waals surface area contributed by atoms with Gasteiger partial charge in [-0.25, -0.2) is 4.79 Å². The van der Waals surface area contributed by atoms with Gasteiger partial charge in [0, 0.05) is 23.1 Å². The van der Waals surface area contributed by atoms with Gasteiger partial charge in [-0.15, -0.1) is 0 Å². The topological polar surface area (TPSA) is 55.6 Å². The van der Waals surface area contributed by atoms with Gasteiger partial charge in [-0.2, -0.15) is 0 Å². The molecule has 1 aliphatic heterocycles. The fourth-order valence-electron chi connectivity index (χ4n) is 1.95. The maximum Gasteiger partial charge on any atom is 0.414 e. The lowest BCUT2D eigenvalue weighted by atomic mass is 10.1. The van der Waals surface area contributed by atoms with Crippen LogP contribution in [0.3, 0.4) is 0 Å². The summed E-state index contributed by atoms with van der Waals surface area (Å²) in [7, 11) is 0. The van der Waals surface area contributed by atoms with Crippen LogP contribution in [0.5, 0.6) is 0 Å². The minimum absolute atomic E-state index is 0.0248. The van der Waals surface area contributed by atoms with Crippen LogP contribution < -0.4 is 10.6 Å². The molecular weight excluding hydrogens is 284 g/mol. The number of hydrogen-bond acceptors (Lipinski definition) is 3. The average molecular weight is 299 g/mol. The molecule has 1 amide bonds. The van der Waals surface area contributed by atoms with Crippen molar-refractivity contribution in [3.8, 4) is 0 Å². The molecule has 1 atom stereocenters. The summed E-state index contributed by atoms with van der Waals surface area (Å²) in [5.41, 5.74) is 7.62. The van der Waals surface area contributed by atoms with Crippen LogP contribution in [-0.2, 0) is 4.74 Å². The number of nitrogens with zero attached hydrogens (tertiary/aromatic N) is 1. The van der Waals surface area contributed by atoms with Crippen LogP contribution in [0.15, 0.2) is 22.7 Å². The highest BCUT2D eigenvalue weighted by Gasteiger charge is 2.30. The van der Waals surface area contributed by atoms with Crippen molar-refractivity contribution in [2.75, 3.05) is 18.1 Å². The number of ether oxygens (including phenoxy) is 1. The Kier molecular flexibility index (Phi) is 3.69. The van der Waals surface area contributed by atoms with Crippen molar-refractivity contribution in [1.29, 1.82) is 0 Å². The molecule has 0 bridgehead atoms. The molecule has 2 N–H and O–H groups in total. The molecule has 1 unspecified atom stereocenters. The Bertz CT molecular complexity index is 437. The second kappa shape index (κ2) is 5.06. The number of hydrogen-bond donors (Lipinski definition) is 1. The molecular formula is C12H15BrN2O2. The van der Waals surface area contributed by atoms with Crippen molar-refractivity contribution in [3.05, 3.63) is 28.2 Å². The fraction of sp³-hybridized carbons (Fsp3) is 0.417. The molecule has 2 rings (SSSR count). The highest BCUT2D eigenvalue weighted by atomic mass is 79.9. The zero-order valence-corrected chi connectivity index (χ0v) is 11.2. The molecule has 92 valence electrons. The van der Waals surface area contributed by atoms with Crippen LogP contribution >= 0.6 is 15.9 Å². The molecule has 0 spiro atoms. The zero-order chi connectivity index (χ0) is 12.4. The lowest BCUT2D eigenvalue weighted by Crippen LogP contribution is -2.49. The normalized spacial score (nSPS) is 20.3. The first-order valence-corrected chi connectivity index (χ1v) is 6.35. The lowest BCUT2D eigenvalue weighted by Gasteiger charge is -2.34. The summed E-state index contributed by atoms with van der Waals surface area (Å²) < 4.78 is 6.09. The van der Waals surface area contributed by atoms with Gasteiger partial charge in [0.1, 0.15) is 0 Å². The molecule has 1 fully saturated rings. The molecule has 1 saturated heterocycles. The van der Waals surface area contributed by atoms with E-state index in [0.717, 1.165) is 22.1 Å². The Morgan fingerprint density at radius 3 is 3.00 bits per heavy atom. The highest BCUT2D eigenvalue weighted by Crippen LogP contribution is 2.27. The third-order valence-electron chi connectivity index (χ3n) is 2.93. The molecule has 0 radical (unpaired) electrons.